The first-order valence-corrected chi connectivity index (χ1v) is 5.81. The van der Waals surface area contributed by atoms with Gasteiger partial charge in [-0.2, -0.15) is 0 Å². The van der Waals surface area contributed by atoms with Gasteiger partial charge >= 0.3 is 5.97 Å². The number of nitrogen functional groups attached to an aromatic ring is 1. The highest BCUT2D eigenvalue weighted by atomic mass is 16.5. The van der Waals surface area contributed by atoms with Gasteiger partial charge in [-0.3, -0.25) is 0 Å². The number of benzene rings is 1. The largest absolute Gasteiger partial charge is 0.497 e. The quantitative estimate of drug-likeness (QED) is 0.459. The van der Waals surface area contributed by atoms with Crippen LogP contribution in [-0.4, -0.2) is 40.5 Å². The minimum atomic E-state index is -0.509. The molecule has 6 nitrogen and oxygen atoms in total. The standard InChI is InChI=1S/C13H19NO5/c1-16-5-4-6-19-13(15)10-7-9(17-2)8-11(18-3)12(10)14/h7-8H,4-6,14H2,1-3H3. The summed E-state index contributed by atoms with van der Waals surface area (Å²) in [4.78, 5) is 11.9. The molecular weight excluding hydrogens is 250 g/mol. The first-order chi connectivity index (χ1) is 9.13. The average Bonchev–Trinajstić information content (AvgIpc) is 2.43. The zero-order valence-electron chi connectivity index (χ0n) is 11.4. The molecular formula is C13H19NO5. The number of esters is 1. The Kier molecular flexibility index (Phi) is 5.95. The summed E-state index contributed by atoms with van der Waals surface area (Å²) in [7, 11) is 4.56. The Hall–Kier alpha value is -1.95. The second-order valence-electron chi connectivity index (χ2n) is 3.77. The number of carbonyl (C=O) groups excluding carboxylic acids is 1. The van der Waals surface area contributed by atoms with Gasteiger partial charge in [-0.25, -0.2) is 4.79 Å². The number of carbonyl (C=O) groups is 1. The zero-order chi connectivity index (χ0) is 14.3. The summed E-state index contributed by atoms with van der Waals surface area (Å²) in [5.74, 6) is 0.351. The molecule has 0 saturated carbocycles. The van der Waals surface area contributed by atoms with Gasteiger partial charge in [-0.1, -0.05) is 0 Å². The summed E-state index contributed by atoms with van der Waals surface area (Å²) < 4.78 is 20.1. The summed E-state index contributed by atoms with van der Waals surface area (Å²) in [6.07, 6.45) is 0.628. The highest BCUT2D eigenvalue weighted by Crippen LogP contribution is 2.31. The molecule has 6 heteroatoms. The number of nitrogens with two attached hydrogens (primary N) is 1. The van der Waals surface area contributed by atoms with E-state index in [0.29, 0.717) is 24.5 Å². The number of ether oxygens (including phenoxy) is 4. The molecule has 0 saturated heterocycles. The summed E-state index contributed by atoms with van der Waals surface area (Å²) in [6, 6.07) is 3.13. The van der Waals surface area contributed by atoms with Gasteiger partial charge in [0.05, 0.1) is 32.1 Å². The molecule has 1 aromatic rings. The number of hydrogen-bond acceptors (Lipinski definition) is 6. The Bertz CT molecular complexity index is 433. The Morgan fingerprint density at radius 2 is 1.89 bits per heavy atom. The molecule has 0 aliphatic rings. The lowest BCUT2D eigenvalue weighted by Crippen LogP contribution is -2.11. The van der Waals surface area contributed by atoms with Gasteiger partial charge in [0.25, 0.3) is 0 Å². The lowest BCUT2D eigenvalue weighted by Gasteiger charge is -2.12. The molecule has 2 N–H and O–H groups in total. The number of anilines is 1. The maximum absolute atomic E-state index is 11.9. The van der Waals surface area contributed by atoms with Crippen LogP contribution in [0.3, 0.4) is 0 Å². The van der Waals surface area contributed by atoms with Crippen molar-refractivity contribution >= 4 is 11.7 Å². The second kappa shape index (κ2) is 7.48. The van der Waals surface area contributed by atoms with Crippen molar-refractivity contribution in [3.63, 3.8) is 0 Å². The number of methoxy groups -OCH3 is 3. The molecule has 0 bridgehead atoms. The van der Waals surface area contributed by atoms with Crippen LogP contribution in [0.4, 0.5) is 5.69 Å². The van der Waals surface area contributed by atoms with Crippen LogP contribution < -0.4 is 15.2 Å². The lowest BCUT2D eigenvalue weighted by molar-refractivity contribution is 0.0469. The SMILES string of the molecule is COCCCOC(=O)c1cc(OC)cc(OC)c1N. The summed E-state index contributed by atoms with van der Waals surface area (Å²) in [5.41, 5.74) is 6.31. The van der Waals surface area contributed by atoms with Crippen LogP contribution >= 0.6 is 0 Å². The molecule has 0 atom stereocenters. The Morgan fingerprint density at radius 3 is 2.47 bits per heavy atom. The van der Waals surface area contributed by atoms with Crippen LogP contribution in [0.15, 0.2) is 12.1 Å². The summed E-state index contributed by atoms with van der Waals surface area (Å²) in [5, 5.41) is 0. The molecule has 0 fully saturated rings. The van der Waals surface area contributed by atoms with Crippen LogP contribution in [0.5, 0.6) is 11.5 Å². The molecule has 1 rings (SSSR count). The van der Waals surface area contributed by atoms with E-state index >= 15 is 0 Å². The van der Waals surface area contributed by atoms with E-state index in [1.54, 1.807) is 13.2 Å². The highest BCUT2D eigenvalue weighted by molar-refractivity contribution is 5.97. The minimum absolute atomic E-state index is 0.230. The number of hydrogen-bond donors (Lipinski definition) is 1. The van der Waals surface area contributed by atoms with E-state index in [4.69, 9.17) is 24.7 Å². The van der Waals surface area contributed by atoms with Crippen molar-refractivity contribution in [1.29, 1.82) is 0 Å². The minimum Gasteiger partial charge on any atom is -0.497 e. The molecule has 0 unspecified atom stereocenters. The lowest BCUT2D eigenvalue weighted by atomic mass is 10.1. The van der Waals surface area contributed by atoms with Crippen LogP contribution in [0, 0.1) is 0 Å². The number of rotatable bonds is 7. The molecule has 0 aliphatic heterocycles. The van der Waals surface area contributed by atoms with Gasteiger partial charge in [0.15, 0.2) is 0 Å². The van der Waals surface area contributed by atoms with E-state index in [-0.39, 0.29) is 17.9 Å². The predicted octanol–water partition coefficient (Wildman–Crippen LogP) is 1.48. The highest BCUT2D eigenvalue weighted by Gasteiger charge is 2.17. The third-order valence-corrected chi connectivity index (χ3v) is 2.52. The van der Waals surface area contributed by atoms with Gasteiger partial charge in [0.1, 0.15) is 11.5 Å². The van der Waals surface area contributed by atoms with Crippen LogP contribution in [0.25, 0.3) is 0 Å². The monoisotopic (exact) mass is 269 g/mol. The van der Waals surface area contributed by atoms with E-state index in [0.717, 1.165) is 0 Å². The maximum atomic E-state index is 11.9. The third-order valence-electron chi connectivity index (χ3n) is 2.52. The molecule has 0 aromatic heterocycles. The summed E-state index contributed by atoms with van der Waals surface area (Å²) >= 11 is 0. The third kappa shape index (κ3) is 4.03. The zero-order valence-corrected chi connectivity index (χ0v) is 11.4. The van der Waals surface area contributed by atoms with E-state index in [1.165, 1.54) is 20.3 Å². The van der Waals surface area contributed by atoms with Crippen molar-refractivity contribution < 1.29 is 23.7 Å². The molecule has 0 heterocycles. The molecule has 19 heavy (non-hydrogen) atoms. The van der Waals surface area contributed by atoms with Crippen molar-refractivity contribution in [3.8, 4) is 11.5 Å². The first kappa shape index (κ1) is 15.1. The molecule has 106 valence electrons. The molecule has 0 spiro atoms. The van der Waals surface area contributed by atoms with E-state index < -0.39 is 5.97 Å². The average molecular weight is 269 g/mol. The van der Waals surface area contributed by atoms with Crippen LogP contribution in [0.1, 0.15) is 16.8 Å². The Balaban J connectivity index is 2.83. The second-order valence-corrected chi connectivity index (χ2v) is 3.77. The molecule has 0 aliphatic carbocycles. The van der Waals surface area contributed by atoms with E-state index in [1.807, 2.05) is 0 Å². The van der Waals surface area contributed by atoms with Crippen molar-refractivity contribution in [2.75, 3.05) is 40.3 Å². The van der Waals surface area contributed by atoms with Gasteiger partial charge < -0.3 is 24.7 Å². The Morgan fingerprint density at radius 1 is 1.16 bits per heavy atom. The van der Waals surface area contributed by atoms with Crippen molar-refractivity contribution in [3.05, 3.63) is 17.7 Å². The maximum Gasteiger partial charge on any atom is 0.340 e. The smallest absolute Gasteiger partial charge is 0.340 e. The van der Waals surface area contributed by atoms with Crippen molar-refractivity contribution in [2.24, 2.45) is 0 Å². The fraction of sp³-hybridized carbons (Fsp3) is 0.462. The van der Waals surface area contributed by atoms with E-state index in [2.05, 4.69) is 0 Å². The van der Waals surface area contributed by atoms with Gasteiger partial charge in [0.2, 0.25) is 0 Å². The van der Waals surface area contributed by atoms with Crippen LogP contribution in [0.2, 0.25) is 0 Å². The molecule has 0 amide bonds. The normalized spacial score (nSPS) is 10.1. The topological polar surface area (TPSA) is 80.0 Å². The van der Waals surface area contributed by atoms with Crippen LogP contribution in [-0.2, 0) is 9.47 Å². The fourth-order valence-corrected chi connectivity index (χ4v) is 1.50. The first-order valence-electron chi connectivity index (χ1n) is 5.81. The van der Waals surface area contributed by atoms with E-state index in [9.17, 15) is 4.79 Å². The fourth-order valence-electron chi connectivity index (χ4n) is 1.50. The van der Waals surface area contributed by atoms with Gasteiger partial charge in [0, 0.05) is 26.2 Å². The Labute approximate surface area is 112 Å². The predicted molar refractivity (Wildman–Crippen MR) is 70.7 cm³/mol. The van der Waals surface area contributed by atoms with Gasteiger partial charge in [-0.05, 0) is 6.07 Å². The summed E-state index contributed by atoms with van der Waals surface area (Å²) in [6.45, 7) is 0.801. The van der Waals surface area contributed by atoms with Crippen molar-refractivity contribution in [1.82, 2.24) is 0 Å². The van der Waals surface area contributed by atoms with Crippen molar-refractivity contribution in [2.45, 2.75) is 6.42 Å². The van der Waals surface area contributed by atoms with Gasteiger partial charge in [-0.15, -0.1) is 0 Å². The molecule has 0 radical (unpaired) electrons. The molecule has 1 aromatic carbocycles.